The van der Waals surface area contributed by atoms with Crippen LogP contribution in [0, 0.1) is 5.92 Å². The van der Waals surface area contributed by atoms with E-state index in [2.05, 4.69) is 42.7 Å². The molecule has 0 aliphatic carbocycles. The monoisotopic (exact) mass is 276 g/mol. The summed E-state index contributed by atoms with van der Waals surface area (Å²) >= 11 is 0. The van der Waals surface area contributed by atoms with E-state index in [4.69, 9.17) is 4.74 Å². The van der Waals surface area contributed by atoms with Crippen molar-refractivity contribution >= 4 is 0 Å². The molecule has 110 valence electrons. The Balaban J connectivity index is 1.60. The van der Waals surface area contributed by atoms with Gasteiger partial charge in [0, 0.05) is 44.1 Å². The fraction of sp³-hybridized carbons (Fsp3) is 0.625. The van der Waals surface area contributed by atoms with Gasteiger partial charge < -0.3 is 20.5 Å². The lowest BCUT2D eigenvalue weighted by atomic mass is 10.0. The molecule has 0 amide bonds. The molecule has 0 saturated carbocycles. The quantitative estimate of drug-likeness (QED) is 0.770. The fourth-order valence-corrected chi connectivity index (χ4v) is 3.14. The Hall–Kier alpha value is -1.10. The molecule has 0 bridgehead atoms. The average Bonchev–Trinajstić information content (AvgIpc) is 2.92. The summed E-state index contributed by atoms with van der Waals surface area (Å²) in [5.74, 6) is 1.36. The van der Waals surface area contributed by atoms with Crippen molar-refractivity contribution in [3.8, 4) is 5.75 Å². The van der Waals surface area contributed by atoms with Crippen LogP contribution in [0.2, 0.25) is 0 Å². The maximum atomic E-state index is 9.78. The van der Waals surface area contributed by atoms with Gasteiger partial charge >= 0.3 is 0 Å². The first-order chi connectivity index (χ1) is 9.55. The highest BCUT2D eigenvalue weighted by atomic mass is 16.5. The van der Waals surface area contributed by atoms with Gasteiger partial charge in [0.05, 0.1) is 6.10 Å². The van der Waals surface area contributed by atoms with E-state index in [1.165, 1.54) is 11.1 Å². The molecular weight excluding hydrogens is 252 g/mol. The number of benzene rings is 1. The zero-order valence-corrected chi connectivity index (χ0v) is 12.3. The number of aliphatic hydroxyl groups is 1. The Morgan fingerprint density at radius 3 is 3.00 bits per heavy atom. The largest absolute Gasteiger partial charge is 0.487 e. The molecule has 0 aromatic heterocycles. The second-order valence-electron chi connectivity index (χ2n) is 6.56. The van der Waals surface area contributed by atoms with Crippen LogP contribution >= 0.6 is 0 Å². The minimum absolute atomic E-state index is 0.0933. The van der Waals surface area contributed by atoms with Gasteiger partial charge in [0.15, 0.2) is 0 Å². The van der Waals surface area contributed by atoms with Crippen LogP contribution < -0.4 is 15.4 Å². The number of fused-ring (bicyclic) bond motifs is 1. The van der Waals surface area contributed by atoms with E-state index in [1.807, 2.05) is 0 Å². The summed E-state index contributed by atoms with van der Waals surface area (Å²) in [6.07, 6.45) is 0.751. The van der Waals surface area contributed by atoms with Crippen LogP contribution in [0.3, 0.4) is 0 Å². The third-order valence-corrected chi connectivity index (χ3v) is 4.20. The Labute approximate surface area is 120 Å². The average molecular weight is 276 g/mol. The van der Waals surface area contributed by atoms with Gasteiger partial charge in [-0.15, -0.1) is 0 Å². The number of ether oxygens (including phenoxy) is 1. The van der Waals surface area contributed by atoms with E-state index < -0.39 is 0 Å². The lowest BCUT2D eigenvalue weighted by Gasteiger charge is -2.19. The van der Waals surface area contributed by atoms with Gasteiger partial charge in [0.2, 0.25) is 0 Å². The number of hydrogen-bond donors (Lipinski definition) is 3. The third kappa shape index (κ3) is 2.82. The highest BCUT2D eigenvalue weighted by Gasteiger charge is 2.31. The maximum Gasteiger partial charge on any atom is 0.127 e. The van der Waals surface area contributed by atoms with Crippen molar-refractivity contribution in [1.82, 2.24) is 10.6 Å². The molecule has 2 heterocycles. The Morgan fingerprint density at radius 1 is 1.40 bits per heavy atom. The number of hydrogen-bond acceptors (Lipinski definition) is 4. The molecule has 0 spiro atoms. The predicted octanol–water partition coefficient (Wildman–Crippen LogP) is 1.07. The molecule has 3 N–H and O–H groups in total. The summed E-state index contributed by atoms with van der Waals surface area (Å²) in [7, 11) is 0. The molecule has 2 aliphatic heterocycles. The normalized spacial score (nSPS) is 27.4. The Morgan fingerprint density at radius 2 is 2.25 bits per heavy atom. The molecule has 20 heavy (non-hydrogen) atoms. The van der Waals surface area contributed by atoms with Crippen molar-refractivity contribution in [3.63, 3.8) is 0 Å². The Bertz CT molecular complexity index is 487. The van der Waals surface area contributed by atoms with Crippen LogP contribution in [0.4, 0.5) is 0 Å². The summed E-state index contributed by atoms with van der Waals surface area (Å²) in [6.45, 7) is 7.49. The molecule has 4 heteroatoms. The van der Waals surface area contributed by atoms with Gasteiger partial charge in [-0.05, 0) is 19.4 Å². The molecule has 2 aliphatic rings. The van der Waals surface area contributed by atoms with Crippen molar-refractivity contribution < 1.29 is 9.84 Å². The lowest BCUT2D eigenvalue weighted by Crippen LogP contribution is -2.30. The maximum absolute atomic E-state index is 9.78. The first-order valence-electron chi connectivity index (χ1n) is 7.44. The van der Waals surface area contributed by atoms with E-state index in [0.29, 0.717) is 12.5 Å². The highest BCUT2D eigenvalue weighted by molar-refractivity contribution is 5.45. The summed E-state index contributed by atoms with van der Waals surface area (Å²) in [6, 6.07) is 6.38. The van der Waals surface area contributed by atoms with Crippen molar-refractivity contribution in [2.45, 2.75) is 38.5 Å². The summed E-state index contributed by atoms with van der Waals surface area (Å²) in [4.78, 5) is 0. The number of aliphatic hydroxyl groups excluding tert-OH is 1. The van der Waals surface area contributed by atoms with Crippen molar-refractivity contribution in [1.29, 1.82) is 0 Å². The lowest BCUT2D eigenvalue weighted by molar-refractivity contribution is 0.136. The molecule has 3 rings (SSSR count). The van der Waals surface area contributed by atoms with Crippen molar-refractivity contribution in [3.05, 3.63) is 29.3 Å². The van der Waals surface area contributed by atoms with Crippen molar-refractivity contribution in [2.24, 2.45) is 5.92 Å². The standard InChI is InChI=1S/C16H24N2O2/c1-16(2)6-11-4-3-5-12(15(11)20-16)7-17-8-13-9-18-10-14(13)19/h3-5,13-14,17-19H,6-10H2,1-2H3. The Kier molecular flexibility index (Phi) is 3.71. The highest BCUT2D eigenvalue weighted by Crippen LogP contribution is 2.37. The van der Waals surface area contributed by atoms with Gasteiger partial charge in [-0.2, -0.15) is 0 Å². The first kappa shape index (κ1) is 13.9. The second kappa shape index (κ2) is 5.35. The van der Waals surface area contributed by atoms with Crippen LogP contribution in [-0.2, 0) is 13.0 Å². The van der Waals surface area contributed by atoms with Crippen LogP contribution in [-0.4, -0.2) is 36.4 Å². The van der Waals surface area contributed by atoms with Gasteiger partial charge in [0.1, 0.15) is 11.4 Å². The van der Waals surface area contributed by atoms with Gasteiger partial charge in [-0.25, -0.2) is 0 Å². The minimum Gasteiger partial charge on any atom is -0.487 e. The van der Waals surface area contributed by atoms with Crippen LogP contribution in [0.25, 0.3) is 0 Å². The topological polar surface area (TPSA) is 53.5 Å². The summed E-state index contributed by atoms with van der Waals surface area (Å²) in [5.41, 5.74) is 2.43. The molecule has 4 nitrogen and oxygen atoms in total. The zero-order valence-electron chi connectivity index (χ0n) is 12.3. The third-order valence-electron chi connectivity index (χ3n) is 4.20. The number of nitrogens with one attached hydrogen (secondary N) is 2. The molecule has 2 atom stereocenters. The smallest absolute Gasteiger partial charge is 0.127 e. The van der Waals surface area contributed by atoms with E-state index >= 15 is 0 Å². The fourth-order valence-electron chi connectivity index (χ4n) is 3.14. The number of β-amino-alcohol motifs (C(OH)–C–C–N with tert-alkyl or cyclic N) is 1. The molecule has 0 radical (unpaired) electrons. The van der Waals surface area contributed by atoms with E-state index in [1.54, 1.807) is 0 Å². The van der Waals surface area contributed by atoms with Gasteiger partial charge in [-0.3, -0.25) is 0 Å². The first-order valence-corrected chi connectivity index (χ1v) is 7.44. The number of para-hydroxylation sites is 1. The van der Waals surface area contributed by atoms with E-state index in [-0.39, 0.29) is 11.7 Å². The number of rotatable bonds is 4. The molecule has 1 saturated heterocycles. The minimum atomic E-state index is -0.223. The molecule has 1 aromatic carbocycles. The van der Waals surface area contributed by atoms with E-state index in [0.717, 1.165) is 31.8 Å². The van der Waals surface area contributed by atoms with Crippen LogP contribution in [0.15, 0.2) is 18.2 Å². The predicted molar refractivity (Wildman–Crippen MR) is 78.9 cm³/mol. The van der Waals surface area contributed by atoms with Crippen LogP contribution in [0.5, 0.6) is 5.75 Å². The molecule has 1 fully saturated rings. The SMILES string of the molecule is CC1(C)Cc2cccc(CNCC3CNCC3O)c2O1. The molecule has 2 unspecified atom stereocenters. The van der Waals surface area contributed by atoms with Crippen LogP contribution in [0.1, 0.15) is 25.0 Å². The summed E-state index contributed by atoms with van der Waals surface area (Å²) < 4.78 is 6.07. The second-order valence-corrected chi connectivity index (χ2v) is 6.56. The zero-order chi connectivity index (χ0) is 14.2. The molecular formula is C16H24N2O2. The van der Waals surface area contributed by atoms with E-state index in [9.17, 15) is 5.11 Å². The van der Waals surface area contributed by atoms with Gasteiger partial charge in [-0.1, -0.05) is 18.2 Å². The van der Waals surface area contributed by atoms with Crippen molar-refractivity contribution in [2.75, 3.05) is 19.6 Å². The van der Waals surface area contributed by atoms with Gasteiger partial charge in [0.25, 0.3) is 0 Å². The molecule has 1 aromatic rings. The summed E-state index contributed by atoms with van der Waals surface area (Å²) in [5, 5.41) is 16.4.